The van der Waals surface area contributed by atoms with Gasteiger partial charge in [-0.3, -0.25) is 4.90 Å². The summed E-state index contributed by atoms with van der Waals surface area (Å²) in [4.78, 5) is 7.70. The molecule has 0 amide bonds. The van der Waals surface area contributed by atoms with Gasteiger partial charge >= 0.3 is 0 Å². The van der Waals surface area contributed by atoms with Crippen molar-refractivity contribution in [2.75, 3.05) is 19.8 Å². The number of imidazole rings is 1. The van der Waals surface area contributed by atoms with E-state index in [1.807, 2.05) is 19.1 Å². The van der Waals surface area contributed by atoms with Crippen LogP contribution in [0.25, 0.3) is 11.4 Å². The van der Waals surface area contributed by atoms with Crippen molar-refractivity contribution < 1.29 is 14.2 Å². The summed E-state index contributed by atoms with van der Waals surface area (Å²) < 4.78 is 20.0. The van der Waals surface area contributed by atoms with Gasteiger partial charge in [-0.1, -0.05) is 68.8 Å². The highest BCUT2D eigenvalue weighted by Crippen LogP contribution is 2.32. The van der Waals surface area contributed by atoms with E-state index in [2.05, 4.69) is 84.0 Å². The van der Waals surface area contributed by atoms with Crippen LogP contribution in [-0.4, -0.2) is 34.3 Å². The quantitative estimate of drug-likeness (QED) is 0.179. The fourth-order valence-electron chi connectivity index (χ4n) is 5.34. The fourth-order valence-corrected chi connectivity index (χ4v) is 5.34. The van der Waals surface area contributed by atoms with Gasteiger partial charge < -0.3 is 18.8 Å². The molecule has 6 nitrogen and oxygen atoms in total. The van der Waals surface area contributed by atoms with Crippen LogP contribution in [0.3, 0.4) is 0 Å². The zero-order valence-electron chi connectivity index (χ0n) is 24.1. The largest absolute Gasteiger partial charge is 0.494 e. The van der Waals surface area contributed by atoms with E-state index in [-0.39, 0.29) is 0 Å². The number of benzene rings is 3. The van der Waals surface area contributed by atoms with Crippen LogP contribution >= 0.6 is 0 Å². The average molecular weight is 540 g/mol. The number of rotatable bonds is 13. The molecule has 40 heavy (non-hydrogen) atoms. The zero-order valence-corrected chi connectivity index (χ0v) is 24.1. The van der Waals surface area contributed by atoms with Gasteiger partial charge in [-0.25, -0.2) is 4.98 Å². The lowest BCUT2D eigenvalue weighted by Gasteiger charge is -2.26. The van der Waals surface area contributed by atoms with Crippen molar-refractivity contribution >= 4 is 0 Å². The van der Waals surface area contributed by atoms with E-state index < -0.39 is 0 Å². The molecular weight excluding hydrogens is 498 g/mol. The number of hydrogen-bond donors (Lipinski definition) is 0. The highest BCUT2D eigenvalue weighted by Gasteiger charge is 2.21. The van der Waals surface area contributed by atoms with Crippen LogP contribution in [-0.2, 0) is 32.6 Å². The summed E-state index contributed by atoms with van der Waals surface area (Å²) in [5, 5.41) is 0. The summed E-state index contributed by atoms with van der Waals surface area (Å²) in [6, 6.07) is 25.4. The highest BCUT2D eigenvalue weighted by molar-refractivity contribution is 5.57. The Balaban J connectivity index is 1.51. The van der Waals surface area contributed by atoms with Crippen LogP contribution in [0.15, 0.2) is 72.8 Å². The molecule has 0 atom stereocenters. The molecule has 0 saturated carbocycles. The van der Waals surface area contributed by atoms with Gasteiger partial charge in [0, 0.05) is 31.7 Å². The van der Waals surface area contributed by atoms with E-state index in [9.17, 15) is 0 Å². The molecule has 3 aromatic carbocycles. The van der Waals surface area contributed by atoms with Crippen LogP contribution in [0.4, 0.5) is 0 Å². The van der Waals surface area contributed by atoms with Crippen molar-refractivity contribution in [3.63, 3.8) is 0 Å². The summed E-state index contributed by atoms with van der Waals surface area (Å²) in [5.41, 5.74) is 6.07. The number of nitrogens with zero attached hydrogens (tertiary/aromatic N) is 3. The van der Waals surface area contributed by atoms with Crippen molar-refractivity contribution in [2.24, 2.45) is 0 Å². The number of fused-ring (bicyclic) bond motifs is 1. The maximum atomic E-state index is 5.90. The normalized spacial score (nSPS) is 12.6. The van der Waals surface area contributed by atoms with Crippen molar-refractivity contribution in [2.45, 2.75) is 66.2 Å². The molecule has 4 aromatic rings. The molecule has 0 fully saturated rings. The molecule has 2 heterocycles. The van der Waals surface area contributed by atoms with E-state index in [0.717, 1.165) is 68.5 Å². The number of unbranched alkanes of at least 4 members (excludes halogenated alkanes) is 1. The Labute approximate surface area is 238 Å². The van der Waals surface area contributed by atoms with Crippen LogP contribution in [0.2, 0.25) is 0 Å². The maximum absolute atomic E-state index is 5.90. The third-order valence-electron chi connectivity index (χ3n) is 7.26. The molecule has 0 spiro atoms. The summed E-state index contributed by atoms with van der Waals surface area (Å²) in [5.74, 6) is 3.63. The lowest BCUT2D eigenvalue weighted by Crippen LogP contribution is -2.25. The first-order valence-corrected chi connectivity index (χ1v) is 14.6. The average Bonchev–Trinajstić information content (AvgIpc) is 3.33. The second kappa shape index (κ2) is 13.5. The van der Waals surface area contributed by atoms with Crippen LogP contribution in [0, 0.1) is 0 Å². The minimum atomic E-state index is 0.586. The molecule has 6 heteroatoms. The minimum Gasteiger partial charge on any atom is -0.494 e. The van der Waals surface area contributed by atoms with Crippen molar-refractivity contribution in [1.82, 2.24) is 14.5 Å². The second-order valence-electron chi connectivity index (χ2n) is 10.3. The first-order valence-electron chi connectivity index (χ1n) is 14.6. The lowest BCUT2D eigenvalue weighted by atomic mass is 10.1. The topological polar surface area (TPSA) is 48.8 Å². The van der Waals surface area contributed by atoms with Crippen LogP contribution < -0.4 is 14.2 Å². The predicted octanol–water partition coefficient (Wildman–Crippen LogP) is 7.28. The molecule has 0 unspecified atom stereocenters. The molecule has 210 valence electrons. The van der Waals surface area contributed by atoms with E-state index in [1.165, 1.54) is 28.1 Å². The Morgan fingerprint density at radius 2 is 1.60 bits per heavy atom. The van der Waals surface area contributed by atoms with Gasteiger partial charge in [0.25, 0.3) is 0 Å². The molecule has 1 aromatic heterocycles. The second-order valence-corrected chi connectivity index (χ2v) is 10.3. The van der Waals surface area contributed by atoms with E-state index in [1.54, 1.807) is 0 Å². The van der Waals surface area contributed by atoms with E-state index >= 15 is 0 Å². The number of ether oxygens (including phenoxy) is 3. The third kappa shape index (κ3) is 6.68. The van der Waals surface area contributed by atoms with Crippen molar-refractivity contribution in [3.05, 3.63) is 95.3 Å². The van der Waals surface area contributed by atoms with Gasteiger partial charge in [0.2, 0.25) is 0 Å². The maximum Gasteiger partial charge on any atom is 0.161 e. The first kappa shape index (κ1) is 27.8. The summed E-state index contributed by atoms with van der Waals surface area (Å²) in [7, 11) is 0. The summed E-state index contributed by atoms with van der Waals surface area (Å²) in [6.45, 7) is 11.6. The molecular formula is C34H41N3O3. The Hall–Kier alpha value is -3.77. The van der Waals surface area contributed by atoms with E-state index in [0.29, 0.717) is 19.8 Å². The van der Waals surface area contributed by atoms with Gasteiger partial charge in [0.1, 0.15) is 24.8 Å². The highest BCUT2D eigenvalue weighted by atomic mass is 16.6. The van der Waals surface area contributed by atoms with Crippen LogP contribution in [0.5, 0.6) is 17.2 Å². The van der Waals surface area contributed by atoms with Gasteiger partial charge in [0.15, 0.2) is 11.5 Å². The molecule has 0 bridgehead atoms. The minimum absolute atomic E-state index is 0.586. The molecule has 0 N–H and O–H groups in total. The molecule has 0 radical (unpaired) electrons. The van der Waals surface area contributed by atoms with Gasteiger partial charge in [-0.05, 0) is 55.2 Å². The zero-order chi connectivity index (χ0) is 27.7. The predicted molar refractivity (Wildman–Crippen MR) is 160 cm³/mol. The van der Waals surface area contributed by atoms with Crippen molar-refractivity contribution in [3.8, 4) is 28.6 Å². The number of hydrogen-bond acceptors (Lipinski definition) is 5. The Kier molecular flexibility index (Phi) is 9.40. The Morgan fingerprint density at radius 1 is 0.825 bits per heavy atom. The van der Waals surface area contributed by atoms with Gasteiger partial charge in [0.05, 0.1) is 18.0 Å². The standard InChI is InChI=1S/C34H41N3O3/c1-4-7-18-37-31(30(5-2)35-34(37)28-13-9-8-10-14-28)25-36(23-26-12-11-15-29(21-26)38-6-3)24-27-16-17-32-33(22-27)40-20-19-39-32/h8-17,21-22H,4-7,18-20,23-25H2,1-3H3. The lowest BCUT2D eigenvalue weighted by molar-refractivity contribution is 0.170. The van der Waals surface area contributed by atoms with E-state index in [4.69, 9.17) is 19.2 Å². The first-order chi connectivity index (χ1) is 19.7. The van der Waals surface area contributed by atoms with Crippen molar-refractivity contribution in [1.29, 1.82) is 0 Å². The van der Waals surface area contributed by atoms with Gasteiger partial charge in [-0.15, -0.1) is 0 Å². The number of aromatic nitrogens is 2. The molecule has 1 aliphatic rings. The summed E-state index contributed by atoms with van der Waals surface area (Å²) >= 11 is 0. The smallest absolute Gasteiger partial charge is 0.161 e. The fraction of sp³-hybridized carbons (Fsp3) is 0.382. The molecule has 1 aliphatic heterocycles. The molecule has 5 rings (SSSR count). The van der Waals surface area contributed by atoms with Crippen LogP contribution in [0.1, 0.15) is 56.1 Å². The molecule has 0 saturated heterocycles. The molecule has 0 aliphatic carbocycles. The third-order valence-corrected chi connectivity index (χ3v) is 7.26. The Morgan fingerprint density at radius 3 is 2.35 bits per heavy atom. The Bertz CT molecular complexity index is 1380. The monoisotopic (exact) mass is 539 g/mol. The summed E-state index contributed by atoms with van der Waals surface area (Å²) in [6.07, 6.45) is 3.15. The number of aryl methyl sites for hydroxylation is 1. The van der Waals surface area contributed by atoms with Gasteiger partial charge in [-0.2, -0.15) is 0 Å². The SMILES string of the molecule is CCCCn1c(-c2ccccc2)nc(CC)c1CN(Cc1cccc(OCC)c1)Cc1ccc2c(c1)OCCO2.